The van der Waals surface area contributed by atoms with Gasteiger partial charge in [-0.05, 0) is 48.4 Å². The molecule has 5 heteroatoms. The topological polar surface area (TPSA) is 31.9 Å². The lowest BCUT2D eigenvalue weighted by Gasteiger charge is -2.28. The maximum atomic E-state index is 6.07. The molecule has 1 fully saturated rings. The standard InChI is InChI=1S/C13H15BrClN3/c1-18-4-2-3-8(7-18)11-5-9-12(14)10(15)6-16-13(9)17-11/h5-6,8H,2-4,7H2,1H3,(H,16,17). The number of rotatable bonds is 1. The monoisotopic (exact) mass is 327 g/mol. The Morgan fingerprint density at radius 3 is 3.17 bits per heavy atom. The van der Waals surface area contributed by atoms with Crippen LogP contribution in [0.2, 0.25) is 5.02 Å². The van der Waals surface area contributed by atoms with Crippen molar-refractivity contribution in [2.75, 3.05) is 20.1 Å². The fourth-order valence-electron chi connectivity index (χ4n) is 2.68. The second-order valence-corrected chi connectivity index (χ2v) is 6.21. The van der Waals surface area contributed by atoms with E-state index in [4.69, 9.17) is 11.6 Å². The highest BCUT2D eigenvalue weighted by molar-refractivity contribution is 9.10. The van der Waals surface area contributed by atoms with Crippen LogP contribution in [0.3, 0.4) is 0 Å². The van der Waals surface area contributed by atoms with Crippen molar-refractivity contribution in [3.05, 3.63) is 27.5 Å². The Labute approximate surface area is 120 Å². The van der Waals surface area contributed by atoms with E-state index in [2.05, 4.69) is 43.9 Å². The van der Waals surface area contributed by atoms with Crippen molar-refractivity contribution in [3.8, 4) is 0 Å². The molecule has 18 heavy (non-hydrogen) atoms. The van der Waals surface area contributed by atoms with E-state index >= 15 is 0 Å². The van der Waals surface area contributed by atoms with Crippen LogP contribution < -0.4 is 0 Å². The van der Waals surface area contributed by atoms with Gasteiger partial charge in [0.05, 0.1) is 5.02 Å². The minimum absolute atomic E-state index is 0.573. The zero-order valence-electron chi connectivity index (χ0n) is 10.2. The summed E-state index contributed by atoms with van der Waals surface area (Å²) >= 11 is 9.60. The number of nitrogens with zero attached hydrogens (tertiary/aromatic N) is 2. The van der Waals surface area contributed by atoms with Gasteiger partial charge < -0.3 is 9.88 Å². The summed E-state index contributed by atoms with van der Waals surface area (Å²) in [5, 5.41) is 1.74. The molecule has 1 N–H and O–H groups in total. The summed E-state index contributed by atoms with van der Waals surface area (Å²) in [4.78, 5) is 10.2. The highest BCUT2D eigenvalue weighted by atomic mass is 79.9. The number of aromatic nitrogens is 2. The van der Waals surface area contributed by atoms with Crippen molar-refractivity contribution in [1.29, 1.82) is 0 Å². The largest absolute Gasteiger partial charge is 0.343 e. The lowest BCUT2D eigenvalue weighted by atomic mass is 9.95. The van der Waals surface area contributed by atoms with Gasteiger partial charge >= 0.3 is 0 Å². The molecule has 2 aromatic rings. The van der Waals surface area contributed by atoms with E-state index in [9.17, 15) is 0 Å². The van der Waals surface area contributed by atoms with Gasteiger partial charge in [0, 0.05) is 34.2 Å². The molecule has 1 aliphatic rings. The van der Waals surface area contributed by atoms with Crippen LogP contribution in [-0.2, 0) is 0 Å². The maximum absolute atomic E-state index is 6.07. The molecule has 0 bridgehead atoms. The van der Waals surface area contributed by atoms with Crippen molar-refractivity contribution in [3.63, 3.8) is 0 Å². The number of halogens is 2. The first-order chi connectivity index (χ1) is 8.65. The van der Waals surface area contributed by atoms with E-state index in [0.717, 1.165) is 22.1 Å². The average molecular weight is 329 g/mol. The lowest BCUT2D eigenvalue weighted by molar-refractivity contribution is 0.249. The third-order valence-electron chi connectivity index (χ3n) is 3.64. The van der Waals surface area contributed by atoms with E-state index in [1.54, 1.807) is 6.20 Å². The molecule has 0 saturated carbocycles. The fraction of sp³-hybridized carbons (Fsp3) is 0.462. The number of likely N-dealkylation sites (tertiary alicyclic amines) is 1. The second kappa shape index (κ2) is 4.83. The van der Waals surface area contributed by atoms with Gasteiger partial charge in [-0.2, -0.15) is 0 Å². The third-order valence-corrected chi connectivity index (χ3v) is 5.00. The molecular formula is C13H15BrClN3. The summed E-state index contributed by atoms with van der Waals surface area (Å²) in [5.74, 6) is 0.573. The molecule has 3 nitrogen and oxygen atoms in total. The molecule has 3 heterocycles. The average Bonchev–Trinajstić information content (AvgIpc) is 2.79. The van der Waals surface area contributed by atoms with Gasteiger partial charge in [-0.1, -0.05) is 11.6 Å². The molecular weight excluding hydrogens is 314 g/mol. The number of likely N-dealkylation sites (N-methyl/N-ethyl adjacent to an activating group) is 1. The summed E-state index contributed by atoms with van der Waals surface area (Å²) in [6, 6.07) is 2.18. The first-order valence-corrected chi connectivity index (χ1v) is 7.33. The molecule has 0 spiro atoms. The number of H-pyrrole nitrogens is 1. The Balaban J connectivity index is 2.00. The Morgan fingerprint density at radius 1 is 1.56 bits per heavy atom. The molecule has 1 atom stereocenters. The first kappa shape index (κ1) is 12.5. The Bertz CT molecular complexity index is 581. The van der Waals surface area contributed by atoms with Crippen molar-refractivity contribution in [1.82, 2.24) is 14.9 Å². The zero-order chi connectivity index (χ0) is 12.7. The predicted octanol–water partition coefficient (Wildman–Crippen LogP) is 3.79. The molecule has 1 aliphatic heterocycles. The summed E-state index contributed by atoms with van der Waals surface area (Å²) in [6.07, 6.45) is 4.18. The van der Waals surface area contributed by atoms with E-state index in [0.29, 0.717) is 10.9 Å². The summed E-state index contributed by atoms with van der Waals surface area (Å²) in [7, 11) is 2.18. The number of hydrogen-bond acceptors (Lipinski definition) is 2. The molecule has 1 unspecified atom stereocenters. The molecule has 0 radical (unpaired) electrons. The van der Waals surface area contributed by atoms with Gasteiger partial charge in [0.25, 0.3) is 0 Å². The van der Waals surface area contributed by atoms with Crippen LogP contribution in [0.25, 0.3) is 11.0 Å². The predicted molar refractivity (Wildman–Crippen MR) is 78.3 cm³/mol. The number of hydrogen-bond donors (Lipinski definition) is 1. The smallest absolute Gasteiger partial charge is 0.138 e. The highest BCUT2D eigenvalue weighted by Gasteiger charge is 2.21. The maximum Gasteiger partial charge on any atom is 0.138 e. The Kier molecular flexibility index (Phi) is 3.34. The van der Waals surface area contributed by atoms with Crippen LogP contribution >= 0.6 is 27.5 Å². The first-order valence-electron chi connectivity index (χ1n) is 6.16. The van der Waals surface area contributed by atoms with Crippen LogP contribution in [0.1, 0.15) is 24.5 Å². The van der Waals surface area contributed by atoms with Crippen LogP contribution in [0, 0.1) is 0 Å². The number of nitrogens with one attached hydrogen (secondary N) is 1. The van der Waals surface area contributed by atoms with Crippen molar-refractivity contribution >= 4 is 38.6 Å². The lowest BCUT2D eigenvalue weighted by Crippen LogP contribution is -2.30. The normalized spacial score (nSPS) is 21.6. The van der Waals surface area contributed by atoms with E-state index in [1.807, 2.05) is 0 Å². The van der Waals surface area contributed by atoms with Crippen LogP contribution in [0.4, 0.5) is 0 Å². The summed E-state index contributed by atoms with van der Waals surface area (Å²) < 4.78 is 0.931. The molecule has 0 aliphatic carbocycles. The molecule has 0 amide bonds. The molecule has 1 saturated heterocycles. The van der Waals surface area contributed by atoms with Gasteiger partial charge in [0.15, 0.2) is 0 Å². The van der Waals surface area contributed by atoms with Crippen LogP contribution in [0.5, 0.6) is 0 Å². The minimum atomic E-state index is 0.573. The number of aromatic amines is 1. The van der Waals surface area contributed by atoms with E-state index in [-0.39, 0.29) is 0 Å². The van der Waals surface area contributed by atoms with Gasteiger partial charge in [0.1, 0.15) is 5.65 Å². The number of pyridine rings is 1. The molecule has 96 valence electrons. The quantitative estimate of drug-likeness (QED) is 0.864. The van der Waals surface area contributed by atoms with Crippen molar-refractivity contribution in [2.45, 2.75) is 18.8 Å². The van der Waals surface area contributed by atoms with Crippen molar-refractivity contribution < 1.29 is 0 Å². The SMILES string of the molecule is CN1CCCC(c2cc3c(Br)c(Cl)cnc3[nH]2)C1. The van der Waals surface area contributed by atoms with Crippen molar-refractivity contribution in [2.24, 2.45) is 0 Å². The molecule has 2 aromatic heterocycles. The van der Waals surface area contributed by atoms with Gasteiger partial charge in [0.2, 0.25) is 0 Å². The van der Waals surface area contributed by atoms with Gasteiger partial charge in [-0.25, -0.2) is 4.98 Å². The number of fused-ring (bicyclic) bond motifs is 1. The highest BCUT2D eigenvalue weighted by Crippen LogP contribution is 2.33. The third kappa shape index (κ3) is 2.17. The van der Waals surface area contributed by atoms with Gasteiger partial charge in [-0.15, -0.1) is 0 Å². The van der Waals surface area contributed by atoms with Gasteiger partial charge in [-0.3, -0.25) is 0 Å². The Morgan fingerprint density at radius 2 is 2.39 bits per heavy atom. The number of piperidine rings is 1. The Hall–Kier alpha value is -0.580. The molecule has 0 aromatic carbocycles. The van der Waals surface area contributed by atoms with Crippen LogP contribution in [0.15, 0.2) is 16.7 Å². The minimum Gasteiger partial charge on any atom is -0.343 e. The van der Waals surface area contributed by atoms with Crippen LogP contribution in [-0.4, -0.2) is 35.0 Å². The van der Waals surface area contributed by atoms with E-state index in [1.165, 1.54) is 25.1 Å². The zero-order valence-corrected chi connectivity index (χ0v) is 12.6. The summed E-state index contributed by atoms with van der Waals surface area (Å²) in [5.41, 5.74) is 2.18. The fourth-order valence-corrected chi connectivity index (χ4v) is 3.24. The molecule has 3 rings (SSSR count). The summed E-state index contributed by atoms with van der Waals surface area (Å²) in [6.45, 7) is 2.31. The van der Waals surface area contributed by atoms with E-state index < -0.39 is 0 Å². The second-order valence-electron chi connectivity index (χ2n) is 5.01.